The molecule has 3 rings (SSSR count). The molecule has 2 N–H and O–H groups in total. The summed E-state index contributed by atoms with van der Waals surface area (Å²) in [6.45, 7) is 1.30. The van der Waals surface area contributed by atoms with E-state index < -0.39 is 0 Å². The number of rotatable bonds is 4. The van der Waals surface area contributed by atoms with Gasteiger partial charge in [-0.15, -0.1) is 0 Å². The standard InChI is InChI=1S/C15H17ClN4O2/c16-13-9-11(4-5-14(13)20-7-2-6-18-20)19-15(21)17-10-12-3-1-8-22-12/h2,4-7,9,12H,1,3,8,10H2,(H2,17,19,21). The van der Waals surface area contributed by atoms with Gasteiger partial charge in [0.05, 0.1) is 16.8 Å². The number of urea groups is 1. The number of hydrogen-bond donors (Lipinski definition) is 2. The lowest BCUT2D eigenvalue weighted by Gasteiger charge is -2.12. The molecule has 1 aromatic heterocycles. The van der Waals surface area contributed by atoms with E-state index in [0.717, 1.165) is 25.1 Å². The summed E-state index contributed by atoms with van der Waals surface area (Å²) in [7, 11) is 0. The molecule has 1 aliphatic rings. The molecule has 0 saturated carbocycles. The van der Waals surface area contributed by atoms with Crippen molar-refractivity contribution in [3.05, 3.63) is 41.7 Å². The Morgan fingerprint density at radius 3 is 3.09 bits per heavy atom. The second-order valence-corrected chi connectivity index (χ2v) is 5.49. The van der Waals surface area contributed by atoms with Gasteiger partial charge in [-0.2, -0.15) is 5.10 Å². The molecule has 0 bridgehead atoms. The number of halogens is 1. The van der Waals surface area contributed by atoms with Gasteiger partial charge < -0.3 is 15.4 Å². The molecule has 2 aromatic rings. The molecular formula is C15H17ClN4O2. The van der Waals surface area contributed by atoms with E-state index in [1.807, 2.05) is 18.3 Å². The van der Waals surface area contributed by atoms with Gasteiger partial charge in [-0.3, -0.25) is 0 Å². The van der Waals surface area contributed by atoms with Crippen LogP contribution in [-0.2, 0) is 4.74 Å². The molecule has 6 nitrogen and oxygen atoms in total. The summed E-state index contributed by atoms with van der Waals surface area (Å²) in [6, 6.07) is 6.85. The van der Waals surface area contributed by atoms with E-state index in [0.29, 0.717) is 17.3 Å². The van der Waals surface area contributed by atoms with E-state index >= 15 is 0 Å². The van der Waals surface area contributed by atoms with Crippen molar-refractivity contribution in [2.24, 2.45) is 0 Å². The predicted octanol–water partition coefficient (Wildman–Crippen LogP) is 2.83. The van der Waals surface area contributed by atoms with Crippen LogP contribution in [0.4, 0.5) is 10.5 Å². The van der Waals surface area contributed by atoms with Gasteiger partial charge in [0.15, 0.2) is 0 Å². The summed E-state index contributed by atoms with van der Waals surface area (Å²) < 4.78 is 7.13. The van der Waals surface area contributed by atoms with Crippen molar-refractivity contribution in [1.29, 1.82) is 0 Å². The first-order valence-corrected chi connectivity index (χ1v) is 7.56. The van der Waals surface area contributed by atoms with Crippen molar-refractivity contribution in [2.75, 3.05) is 18.5 Å². The first kappa shape index (κ1) is 14.9. The summed E-state index contributed by atoms with van der Waals surface area (Å²) in [5.41, 5.74) is 1.39. The Bertz CT molecular complexity index is 639. The van der Waals surface area contributed by atoms with Gasteiger partial charge in [0, 0.05) is 31.2 Å². The molecule has 116 valence electrons. The zero-order valence-electron chi connectivity index (χ0n) is 12.0. The van der Waals surface area contributed by atoms with Gasteiger partial charge in [0.25, 0.3) is 0 Å². The lowest BCUT2D eigenvalue weighted by atomic mass is 10.2. The summed E-state index contributed by atoms with van der Waals surface area (Å²) in [5, 5.41) is 10.2. The smallest absolute Gasteiger partial charge is 0.319 e. The Balaban J connectivity index is 1.58. The van der Waals surface area contributed by atoms with Crippen LogP contribution < -0.4 is 10.6 Å². The lowest BCUT2D eigenvalue weighted by molar-refractivity contribution is 0.112. The number of anilines is 1. The van der Waals surface area contributed by atoms with Gasteiger partial charge in [-0.1, -0.05) is 11.6 Å². The fourth-order valence-corrected chi connectivity index (χ4v) is 2.64. The molecular weight excluding hydrogens is 304 g/mol. The fourth-order valence-electron chi connectivity index (χ4n) is 2.37. The Morgan fingerprint density at radius 2 is 2.41 bits per heavy atom. The number of amides is 2. The van der Waals surface area contributed by atoms with E-state index in [9.17, 15) is 4.79 Å². The number of benzene rings is 1. The Morgan fingerprint density at radius 1 is 1.50 bits per heavy atom. The number of ether oxygens (including phenoxy) is 1. The second-order valence-electron chi connectivity index (χ2n) is 5.09. The summed E-state index contributed by atoms with van der Waals surface area (Å²) in [6.07, 6.45) is 5.66. The average molecular weight is 321 g/mol. The molecule has 22 heavy (non-hydrogen) atoms. The minimum atomic E-state index is -0.265. The van der Waals surface area contributed by atoms with E-state index in [2.05, 4.69) is 15.7 Å². The number of hydrogen-bond acceptors (Lipinski definition) is 3. The van der Waals surface area contributed by atoms with Crippen LogP contribution >= 0.6 is 11.6 Å². The van der Waals surface area contributed by atoms with Gasteiger partial charge in [-0.05, 0) is 37.1 Å². The van der Waals surface area contributed by atoms with Gasteiger partial charge >= 0.3 is 6.03 Å². The number of nitrogens with zero attached hydrogens (tertiary/aromatic N) is 2. The third kappa shape index (κ3) is 3.58. The average Bonchev–Trinajstić information content (AvgIpc) is 3.19. The molecule has 1 saturated heterocycles. The molecule has 1 aliphatic heterocycles. The van der Waals surface area contributed by atoms with E-state index in [1.54, 1.807) is 23.0 Å². The van der Waals surface area contributed by atoms with Crippen LogP contribution in [-0.4, -0.2) is 35.1 Å². The molecule has 1 fully saturated rings. The second kappa shape index (κ2) is 6.81. The van der Waals surface area contributed by atoms with Gasteiger partial charge in [0.2, 0.25) is 0 Å². The van der Waals surface area contributed by atoms with Crippen LogP contribution in [0.3, 0.4) is 0 Å². The van der Waals surface area contributed by atoms with Crippen LogP contribution in [0.1, 0.15) is 12.8 Å². The zero-order valence-corrected chi connectivity index (χ0v) is 12.7. The van der Waals surface area contributed by atoms with E-state index in [4.69, 9.17) is 16.3 Å². The molecule has 0 aliphatic carbocycles. The molecule has 1 atom stereocenters. The molecule has 1 aromatic carbocycles. The quantitative estimate of drug-likeness (QED) is 0.910. The highest BCUT2D eigenvalue weighted by molar-refractivity contribution is 6.32. The third-order valence-electron chi connectivity index (χ3n) is 3.47. The molecule has 1 unspecified atom stereocenters. The maximum Gasteiger partial charge on any atom is 0.319 e. The first-order chi connectivity index (χ1) is 10.7. The number of aromatic nitrogens is 2. The zero-order chi connectivity index (χ0) is 15.4. The van der Waals surface area contributed by atoms with Crippen LogP contribution in [0.5, 0.6) is 0 Å². The highest BCUT2D eigenvalue weighted by Gasteiger charge is 2.16. The molecule has 0 spiro atoms. The van der Waals surface area contributed by atoms with Crippen molar-refractivity contribution in [2.45, 2.75) is 18.9 Å². The van der Waals surface area contributed by atoms with Crippen molar-refractivity contribution in [1.82, 2.24) is 15.1 Å². The van der Waals surface area contributed by atoms with Crippen molar-refractivity contribution < 1.29 is 9.53 Å². The minimum absolute atomic E-state index is 0.122. The maximum absolute atomic E-state index is 11.9. The van der Waals surface area contributed by atoms with Gasteiger partial charge in [-0.25, -0.2) is 9.48 Å². The van der Waals surface area contributed by atoms with Crippen LogP contribution in [0.2, 0.25) is 5.02 Å². The number of carbonyl (C=O) groups is 1. The van der Waals surface area contributed by atoms with Crippen LogP contribution in [0.25, 0.3) is 5.69 Å². The molecule has 2 heterocycles. The summed E-state index contributed by atoms with van der Waals surface area (Å²) >= 11 is 6.23. The molecule has 2 amide bonds. The van der Waals surface area contributed by atoms with E-state index in [-0.39, 0.29) is 12.1 Å². The lowest BCUT2D eigenvalue weighted by Crippen LogP contribution is -2.35. The van der Waals surface area contributed by atoms with E-state index in [1.165, 1.54) is 0 Å². The maximum atomic E-state index is 11.9. The van der Waals surface area contributed by atoms with Crippen molar-refractivity contribution in [3.8, 4) is 5.69 Å². The molecule has 7 heteroatoms. The predicted molar refractivity (Wildman–Crippen MR) is 84.6 cm³/mol. The third-order valence-corrected chi connectivity index (χ3v) is 3.77. The highest BCUT2D eigenvalue weighted by Crippen LogP contribution is 2.23. The largest absolute Gasteiger partial charge is 0.376 e. The topological polar surface area (TPSA) is 68.2 Å². The van der Waals surface area contributed by atoms with Crippen LogP contribution in [0, 0.1) is 0 Å². The highest BCUT2D eigenvalue weighted by atomic mass is 35.5. The number of nitrogens with one attached hydrogen (secondary N) is 2. The van der Waals surface area contributed by atoms with Crippen molar-refractivity contribution >= 4 is 23.3 Å². The normalized spacial score (nSPS) is 17.4. The van der Waals surface area contributed by atoms with Crippen molar-refractivity contribution in [3.63, 3.8) is 0 Å². The summed E-state index contributed by atoms with van der Waals surface area (Å²) in [4.78, 5) is 11.9. The number of carbonyl (C=O) groups excluding carboxylic acids is 1. The summed E-state index contributed by atoms with van der Waals surface area (Å²) in [5.74, 6) is 0. The molecule has 0 radical (unpaired) electrons. The Kier molecular flexibility index (Phi) is 4.60. The first-order valence-electron chi connectivity index (χ1n) is 7.18. The fraction of sp³-hybridized carbons (Fsp3) is 0.333. The van der Waals surface area contributed by atoms with Crippen LogP contribution in [0.15, 0.2) is 36.7 Å². The Hall–Kier alpha value is -2.05. The Labute approximate surface area is 133 Å². The monoisotopic (exact) mass is 320 g/mol. The van der Waals surface area contributed by atoms with Gasteiger partial charge in [0.1, 0.15) is 0 Å². The SMILES string of the molecule is O=C(NCC1CCCO1)Nc1ccc(-n2cccn2)c(Cl)c1. The minimum Gasteiger partial charge on any atom is -0.376 e.